The molecule has 0 aliphatic heterocycles. The van der Waals surface area contributed by atoms with E-state index in [-0.39, 0.29) is 0 Å². The van der Waals surface area contributed by atoms with Crippen molar-refractivity contribution in [1.82, 2.24) is 4.98 Å². The number of hydrogen-bond donors (Lipinski definition) is 1. The van der Waals surface area contributed by atoms with E-state index in [4.69, 9.17) is 15.2 Å². The molecule has 0 aliphatic rings. The molecule has 0 spiro atoms. The molecule has 108 valence electrons. The van der Waals surface area contributed by atoms with Gasteiger partial charge in [-0.2, -0.15) is 0 Å². The van der Waals surface area contributed by atoms with E-state index in [1.807, 2.05) is 24.3 Å². The molecule has 2 aromatic rings. The van der Waals surface area contributed by atoms with Gasteiger partial charge in [0.2, 0.25) is 0 Å². The number of fused-ring (bicyclic) bond motifs is 1. The molecule has 1 aromatic heterocycles. The number of unbranched alkanes of at least 4 members (excludes halogenated alkanes) is 1. The van der Waals surface area contributed by atoms with Gasteiger partial charge in [0.05, 0.1) is 12.1 Å². The molecule has 20 heavy (non-hydrogen) atoms. The Morgan fingerprint density at radius 1 is 1.15 bits per heavy atom. The van der Waals surface area contributed by atoms with Crippen molar-refractivity contribution in [2.24, 2.45) is 5.73 Å². The van der Waals surface area contributed by atoms with E-state index in [1.165, 1.54) is 0 Å². The first-order chi connectivity index (χ1) is 9.86. The molecule has 4 nitrogen and oxygen atoms in total. The first-order valence-electron chi connectivity index (χ1n) is 7.14. The molecule has 0 atom stereocenters. The maximum Gasteiger partial charge on any atom is 0.134 e. The van der Waals surface area contributed by atoms with Crippen LogP contribution in [0.2, 0.25) is 0 Å². The third-order valence-corrected chi connectivity index (χ3v) is 3.14. The molecular formula is C16H22N2O2. The van der Waals surface area contributed by atoms with Crippen LogP contribution in [-0.4, -0.2) is 24.8 Å². The molecule has 1 heterocycles. The van der Waals surface area contributed by atoms with E-state index in [2.05, 4.69) is 11.9 Å². The predicted octanol–water partition coefficient (Wildman–Crippen LogP) is 2.89. The van der Waals surface area contributed by atoms with Gasteiger partial charge in [-0.15, -0.1) is 0 Å². The van der Waals surface area contributed by atoms with Crippen LogP contribution in [0.5, 0.6) is 5.75 Å². The Morgan fingerprint density at radius 2 is 2.00 bits per heavy atom. The van der Waals surface area contributed by atoms with Crippen LogP contribution in [0.3, 0.4) is 0 Å². The maximum atomic E-state index is 5.88. The summed E-state index contributed by atoms with van der Waals surface area (Å²) in [6.07, 6.45) is 4.02. The van der Waals surface area contributed by atoms with Gasteiger partial charge in [0, 0.05) is 30.3 Å². The summed E-state index contributed by atoms with van der Waals surface area (Å²) in [7, 11) is 0. The average molecular weight is 274 g/mol. The number of rotatable bonds is 8. The molecule has 4 heteroatoms. The zero-order valence-electron chi connectivity index (χ0n) is 12.0. The van der Waals surface area contributed by atoms with Crippen molar-refractivity contribution in [1.29, 1.82) is 0 Å². The second kappa shape index (κ2) is 7.82. The smallest absolute Gasteiger partial charge is 0.134 e. The molecule has 0 saturated heterocycles. The summed E-state index contributed by atoms with van der Waals surface area (Å²) in [5.41, 5.74) is 7.61. The van der Waals surface area contributed by atoms with Gasteiger partial charge >= 0.3 is 0 Å². The molecular weight excluding hydrogens is 252 g/mol. The lowest BCUT2D eigenvalue weighted by Gasteiger charge is -2.13. The third kappa shape index (κ3) is 3.68. The monoisotopic (exact) mass is 274 g/mol. The topological polar surface area (TPSA) is 57.4 Å². The number of nitrogens with two attached hydrogens (primary N) is 1. The Bertz CT molecular complexity index is 543. The first kappa shape index (κ1) is 14.8. The van der Waals surface area contributed by atoms with E-state index < -0.39 is 0 Å². The summed E-state index contributed by atoms with van der Waals surface area (Å²) in [4.78, 5) is 4.39. The normalized spacial score (nSPS) is 10.9. The highest BCUT2D eigenvalue weighted by molar-refractivity contribution is 5.86. The molecule has 0 saturated carbocycles. The Hall–Kier alpha value is -1.65. The molecule has 0 radical (unpaired) electrons. The zero-order valence-corrected chi connectivity index (χ0v) is 12.0. The summed E-state index contributed by atoms with van der Waals surface area (Å²) < 4.78 is 11.4. The quantitative estimate of drug-likeness (QED) is 0.752. The summed E-state index contributed by atoms with van der Waals surface area (Å²) in [6, 6.07) is 7.93. The largest absolute Gasteiger partial charge is 0.490 e. The number of pyridine rings is 1. The maximum absolute atomic E-state index is 5.88. The number of para-hydroxylation sites is 1. The molecule has 2 N–H and O–H groups in total. The lowest BCUT2D eigenvalue weighted by atomic mass is 10.1. The van der Waals surface area contributed by atoms with E-state index >= 15 is 0 Å². The minimum absolute atomic E-state index is 0.420. The Kier molecular flexibility index (Phi) is 5.77. The lowest BCUT2D eigenvalue weighted by Crippen LogP contribution is -2.10. The second-order valence-corrected chi connectivity index (χ2v) is 4.65. The van der Waals surface area contributed by atoms with E-state index in [1.54, 1.807) is 6.20 Å². The van der Waals surface area contributed by atoms with Crippen LogP contribution in [0.4, 0.5) is 0 Å². The van der Waals surface area contributed by atoms with E-state index in [9.17, 15) is 0 Å². The van der Waals surface area contributed by atoms with Crippen molar-refractivity contribution in [2.75, 3.05) is 19.8 Å². The summed E-state index contributed by atoms with van der Waals surface area (Å²) in [5.74, 6) is 0.831. The SMILES string of the molecule is CCCCOCCOc1c(CN)cnc2ccccc12. The fraction of sp³-hybridized carbons (Fsp3) is 0.438. The summed E-state index contributed by atoms with van der Waals surface area (Å²) in [6.45, 7) is 4.49. The molecule has 0 bridgehead atoms. The van der Waals surface area contributed by atoms with Crippen molar-refractivity contribution in [3.63, 3.8) is 0 Å². The molecule has 0 unspecified atom stereocenters. The van der Waals surface area contributed by atoms with Crippen molar-refractivity contribution in [2.45, 2.75) is 26.3 Å². The average Bonchev–Trinajstić information content (AvgIpc) is 2.50. The molecule has 2 rings (SSSR count). The summed E-state index contributed by atoms with van der Waals surface area (Å²) in [5, 5.41) is 1.00. The number of benzene rings is 1. The Balaban J connectivity index is 2.03. The van der Waals surface area contributed by atoms with Crippen LogP contribution in [0, 0.1) is 0 Å². The number of ether oxygens (including phenoxy) is 2. The van der Waals surface area contributed by atoms with Crippen molar-refractivity contribution in [3.8, 4) is 5.75 Å². The van der Waals surface area contributed by atoms with Crippen LogP contribution in [-0.2, 0) is 11.3 Å². The fourth-order valence-corrected chi connectivity index (χ4v) is 2.02. The van der Waals surface area contributed by atoms with Gasteiger partial charge in [-0.05, 0) is 18.6 Å². The number of hydrogen-bond acceptors (Lipinski definition) is 4. The van der Waals surface area contributed by atoms with Crippen molar-refractivity contribution >= 4 is 10.9 Å². The van der Waals surface area contributed by atoms with E-state index in [0.29, 0.717) is 19.8 Å². The molecule has 1 aromatic carbocycles. The minimum atomic E-state index is 0.420. The molecule has 0 amide bonds. The third-order valence-electron chi connectivity index (χ3n) is 3.14. The number of aromatic nitrogens is 1. The highest BCUT2D eigenvalue weighted by Gasteiger charge is 2.08. The van der Waals surface area contributed by atoms with Gasteiger partial charge in [0.15, 0.2) is 0 Å². The van der Waals surface area contributed by atoms with Gasteiger partial charge in [0.1, 0.15) is 12.4 Å². The standard InChI is InChI=1S/C16H22N2O2/c1-2-3-8-19-9-10-20-16-13(11-17)12-18-15-7-5-4-6-14(15)16/h4-7,12H,2-3,8-11,17H2,1H3. The van der Waals surface area contributed by atoms with Gasteiger partial charge < -0.3 is 15.2 Å². The minimum Gasteiger partial charge on any atom is -0.490 e. The van der Waals surface area contributed by atoms with Crippen LogP contribution < -0.4 is 10.5 Å². The van der Waals surface area contributed by atoms with Gasteiger partial charge in [-0.1, -0.05) is 25.5 Å². The highest BCUT2D eigenvalue weighted by Crippen LogP contribution is 2.27. The lowest BCUT2D eigenvalue weighted by molar-refractivity contribution is 0.0982. The fourth-order valence-electron chi connectivity index (χ4n) is 2.02. The van der Waals surface area contributed by atoms with Gasteiger partial charge in [0.25, 0.3) is 0 Å². The first-order valence-corrected chi connectivity index (χ1v) is 7.14. The Morgan fingerprint density at radius 3 is 2.80 bits per heavy atom. The predicted molar refractivity (Wildman–Crippen MR) is 80.9 cm³/mol. The van der Waals surface area contributed by atoms with Crippen LogP contribution >= 0.6 is 0 Å². The number of nitrogens with zero attached hydrogens (tertiary/aromatic N) is 1. The summed E-state index contributed by atoms with van der Waals surface area (Å²) >= 11 is 0. The second-order valence-electron chi connectivity index (χ2n) is 4.65. The van der Waals surface area contributed by atoms with Crippen LogP contribution in [0.1, 0.15) is 25.3 Å². The van der Waals surface area contributed by atoms with Gasteiger partial charge in [-0.25, -0.2) is 0 Å². The molecule has 0 fully saturated rings. The van der Waals surface area contributed by atoms with Crippen molar-refractivity contribution < 1.29 is 9.47 Å². The van der Waals surface area contributed by atoms with Crippen molar-refractivity contribution in [3.05, 3.63) is 36.0 Å². The van der Waals surface area contributed by atoms with Gasteiger partial charge in [-0.3, -0.25) is 4.98 Å². The van der Waals surface area contributed by atoms with E-state index in [0.717, 1.165) is 41.7 Å². The highest BCUT2D eigenvalue weighted by atomic mass is 16.5. The van der Waals surface area contributed by atoms with Crippen LogP contribution in [0.15, 0.2) is 30.5 Å². The molecule has 0 aliphatic carbocycles. The Labute approximate surface area is 119 Å². The van der Waals surface area contributed by atoms with Crippen LogP contribution in [0.25, 0.3) is 10.9 Å². The zero-order chi connectivity index (χ0) is 14.2.